The van der Waals surface area contributed by atoms with Crippen LogP contribution in [0.25, 0.3) is 0 Å². The fourth-order valence-corrected chi connectivity index (χ4v) is 4.71. The first-order chi connectivity index (χ1) is 9.05. The summed E-state index contributed by atoms with van der Waals surface area (Å²) in [4.78, 5) is 11.2. The molecule has 4 rings (SSSR count). The number of epoxide rings is 2. The number of carboxylic acid groups (broad SMARTS) is 1. The Bertz CT molecular complexity index is 422. The summed E-state index contributed by atoms with van der Waals surface area (Å²) in [5, 5.41) is 9.23. The number of carboxylic acids is 1. The summed E-state index contributed by atoms with van der Waals surface area (Å²) >= 11 is 0. The van der Waals surface area contributed by atoms with Crippen molar-refractivity contribution in [2.24, 2.45) is 11.8 Å². The summed E-state index contributed by atoms with van der Waals surface area (Å²) in [6.07, 6.45) is 8.17. The molecule has 2 saturated heterocycles. The predicted molar refractivity (Wildman–Crippen MR) is 67.8 cm³/mol. The molecule has 19 heavy (non-hydrogen) atoms. The minimum absolute atomic E-state index is 0.0442. The van der Waals surface area contributed by atoms with Crippen molar-refractivity contribution >= 4 is 5.97 Å². The van der Waals surface area contributed by atoms with E-state index in [4.69, 9.17) is 9.47 Å². The molecule has 2 saturated carbocycles. The van der Waals surface area contributed by atoms with Gasteiger partial charge in [-0.3, -0.25) is 4.79 Å². The second kappa shape index (κ2) is 3.73. The van der Waals surface area contributed by atoms with E-state index in [1.165, 1.54) is 25.7 Å². The lowest BCUT2D eigenvalue weighted by Gasteiger charge is -2.30. The van der Waals surface area contributed by atoms with Gasteiger partial charge in [-0.2, -0.15) is 0 Å². The molecular weight excluding hydrogens is 244 g/mol. The van der Waals surface area contributed by atoms with Gasteiger partial charge in [-0.25, -0.2) is 0 Å². The van der Waals surface area contributed by atoms with Crippen molar-refractivity contribution in [3.8, 4) is 0 Å². The molecule has 0 bridgehead atoms. The molecule has 0 aromatic carbocycles. The molecule has 4 aliphatic rings. The molecule has 4 fully saturated rings. The summed E-state index contributed by atoms with van der Waals surface area (Å²) in [6.45, 7) is 2.06. The van der Waals surface area contributed by atoms with Crippen LogP contribution in [0.3, 0.4) is 0 Å². The number of carbonyl (C=O) groups is 1. The Labute approximate surface area is 113 Å². The van der Waals surface area contributed by atoms with E-state index in [-0.39, 0.29) is 29.1 Å². The van der Waals surface area contributed by atoms with Gasteiger partial charge in [0, 0.05) is 6.42 Å². The summed E-state index contributed by atoms with van der Waals surface area (Å²) < 4.78 is 11.9. The monoisotopic (exact) mass is 266 g/mol. The lowest BCUT2D eigenvalue weighted by atomic mass is 9.70. The van der Waals surface area contributed by atoms with E-state index in [9.17, 15) is 9.90 Å². The van der Waals surface area contributed by atoms with Crippen LogP contribution in [-0.4, -0.2) is 34.5 Å². The van der Waals surface area contributed by atoms with E-state index < -0.39 is 5.97 Å². The lowest BCUT2D eigenvalue weighted by molar-refractivity contribution is -0.144. The van der Waals surface area contributed by atoms with Crippen molar-refractivity contribution in [1.82, 2.24) is 0 Å². The van der Waals surface area contributed by atoms with Gasteiger partial charge in [-0.1, -0.05) is 19.8 Å². The van der Waals surface area contributed by atoms with Gasteiger partial charge in [0.15, 0.2) is 0 Å². The van der Waals surface area contributed by atoms with E-state index in [1.807, 2.05) is 0 Å². The molecule has 0 aromatic rings. The summed E-state index contributed by atoms with van der Waals surface area (Å²) in [6, 6.07) is 0. The fourth-order valence-electron chi connectivity index (χ4n) is 4.71. The van der Waals surface area contributed by atoms with Crippen LogP contribution < -0.4 is 0 Å². The summed E-state index contributed by atoms with van der Waals surface area (Å²) in [7, 11) is 0. The highest BCUT2D eigenvalue weighted by Gasteiger charge is 2.69. The van der Waals surface area contributed by atoms with Crippen molar-refractivity contribution < 1.29 is 19.4 Å². The molecule has 6 unspecified atom stereocenters. The van der Waals surface area contributed by atoms with Gasteiger partial charge in [-0.05, 0) is 31.6 Å². The van der Waals surface area contributed by atoms with Crippen LogP contribution in [0.4, 0.5) is 0 Å². The second-order valence-corrected chi connectivity index (χ2v) is 7.13. The number of rotatable bonds is 3. The first-order valence-corrected chi connectivity index (χ1v) is 7.63. The molecule has 0 amide bonds. The van der Waals surface area contributed by atoms with Gasteiger partial charge in [0.05, 0.1) is 29.3 Å². The standard InChI is InChI=1S/C15H22O4/c1-9-7-15(12(19-15)6-10(9)13(16)17)8-14-5-3-2-4-11(14)18-14/h9-12H,2-8H2,1H3,(H,16,17). The van der Waals surface area contributed by atoms with Gasteiger partial charge >= 0.3 is 5.97 Å². The normalized spacial score (nSPS) is 55.0. The van der Waals surface area contributed by atoms with E-state index >= 15 is 0 Å². The van der Waals surface area contributed by atoms with Crippen LogP contribution in [-0.2, 0) is 14.3 Å². The van der Waals surface area contributed by atoms with Gasteiger partial charge in [0.2, 0.25) is 0 Å². The Hall–Kier alpha value is -0.610. The third kappa shape index (κ3) is 1.76. The fraction of sp³-hybridized carbons (Fsp3) is 0.933. The molecule has 4 nitrogen and oxygen atoms in total. The van der Waals surface area contributed by atoms with E-state index in [1.54, 1.807) is 0 Å². The molecule has 0 aromatic heterocycles. The number of fused-ring (bicyclic) bond motifs is 2. The Morgan fingerprint density at radius 2 is 2.05 bits per heavy atom. The summed E-state index contributed by atoms with van der Waals surface area (Å²) in [5.74, 6) is -0.665. The molecule has 2 heterocycles. The maximum atomic E-state index is 11.2. The van der Waals surface area contributed by atoms with E-state index in [0.29, 0.717) is 12.5 Å². The third-order valence-corrected chi connectivity index (χ3v) is 5.87. The molecule has 0 radical (unpaired) electrons. The Morgan fingerprint density at radius 3 is 2.79 bits per heavy atom. The number of hydrogen-bond acceptors (Lipinski definition) is 3. The highest BCUT2D eigenvalue weighted by molar-refractivity contribution is 5.70. The Balaban J connectivity index is 1.45. The Morgan fingerprint density at radius 1 is 1.26 bits per heavy atom. The van der Waals surface area contributed by atoms with E-state index in [0.717, 1.165) is 12.8 Å². The van der Waals surface area contributed by atoms with Crippen LogP contribution in [0, 0.1) is 11.8 Å². The zero-order valence-electron chi connectivity index (χ0n) is 11.4. The molecule has 6 atom stereocenters. The quantitative estimate of drug-likeness (QED) is 0.796. The SMILES string of the molecule is CC1CC2(CC34CCCCC3O4)OC2CC1C(=O)O. The molecule has 2 aliphatic carbocycles. The average molecular weight is 266 g/mol. The molecule has 2 aliphatic heterocycles. The van der Waals surface area contributed by atoms with Crippen LogP contribution in [0.15, 0.2) is 0 Å². The second-order valence-electron chi connectivity index (χ2n) is 7.13. The van der Waals surface area contributed by atoms with E-state index in [2.05, 4.69) is 6.92 Å². The highest BCUT2D eigenvalue weighted by Crippen LogP contribution is 2.61. The van der Waals surface area contributed by atoms with Crippen molar-refractivity contribution in [3.05, 3.63) is 0 Å². The van der Waals surface area contributed by atoms with Gasteiger partial charge in [0.25, 0.3) is 0 Å². The third-order valence-electron chi connectivity index (χ3n) is 5.87. The minimum atomic E-state index is -0.659. The number of ether oxygens (including phenoxy) is 2. The molecule has 0 spiro atoms. The van der Waals surface area contributed by atoms with Crippen molar-refractivity contribution in [2.45, 2.75) is 75.3 Å². The maximum absolute atomic E-state index is 11.2. The van der Waals surface area contributed by atoms with Crippen LogP contribution in [0.2, 0.25) is 0 Å². The lowest BCUT2D eigenvalue weighted by Crippen LogP contribution is -2.38. The van der Waals surface area contributed by atoms with Gasteiger partial charge in [-0.15, -0.1) is 0 Å². The van der Waals surface area contributed by atoms with Gasteiger partial charge < -0.3 is 14.6 Å². The highest BCUT2D eigenvalue weighted by atomic mass is 16.6. The van der Waals surface area contributed by atoms with Crippen molar-refractivity contribution in [3.63, 3.8) is 0 Å². The predicted octanol–water partition coefficient (Wildman–Crippen LogP) is 2.36. The zero-order valence-corrected chi connectivity index (χ0v) is 11.4. The molecule has 106 valence electrons. The van der Waals surface area contributed by atoms with Crippen LogP contribution >= 0.6 is 0 Å². The summed E-state index contributed by atoms with van der Waals surface area (Å²) in [5.41, 5.74) is 0.0558. The number of hydrogen-bond donors (Lipinski definition) is 1. The average Bonchev–Trinajstić information content (AvgIpc) is 3.21. The zero-order chi connectivity index (χ0) is 13.3. The van der Waals surface area contributed by atoms with Gasteiger partial charge in [0.1, 0.15) is 0 Å². The maximum Gasteiger partial charge on any atom is 0.306 e. The minimum Gasteiger partial charge on any atom is -0.481 e. The number of aliphatic carboxylic acids is 1. The molecular formula is C15H22O4. The van der Waals surface area contributed by atoms with Crippen LogP contribution in [0.1, 0.15) is 51.9 Å². The first-order valence-electron chi connectivity index (χ1n) is 7.63. The molecule has 4 heteroatoms. The van der Waals surface area contributed by atoms with Crippen molar-refractivity contribution in [1.29, 1.82) is 0 Å². The largest absolute Gasteiger partial charge is 0.481 e. The first kappa shape index (κ1) is 12.2. The smallest absolute Gasteiger partial charge is 0.306 e. The van der Waals surface area contributed by atoms with Crippen molar-refractivity contribution in [2.75, 3.05) is 0 Å². The van der Waals surface area contributed by atoms with Crippen LogP contribution in [0.5, 0.6) is 0 Å². The Kier molecular flexibility index (Phi) is 2.39. The molecule has 1 N–H and O–H groups in total. The topological polar surface area (TPSA) is 62.4 Å².